The van der Waals surface area contributed by atoms with Gasteiger partial charge in [0.1, 0.15) is 5.75 Å². The van der Waals surface area contributed by atoms with Crippen molar-refractivity contribution in [1.29, 1.82) is 0 Å². The Balaban J connectivity index is 2.18. The number of fused-ring (bicyclic) bond motifs is 1. The summed E-state index contributed by atoms with van der Waals surface area (Å²) in [7, 11) is 0. The minimum atomic E-state index is -0.418. The van der Waals surface area contributed by atoms with Crippen molar-refractivity contribution in [2.45, 2.75) is 59.3 Å². The number of phenolic OH excluding ortho intramolecular Hbond substituents is 1. The second-order valence-electron chi connectivity index (χ2n) is 9.96. The lowest BCUT2D eigenvalue weighted by Gasteiger charge is -2.28. The lowest BCUT2D eigenvalue weighted by atomic mass is 9.78. The third-order valence-electron chi connectivity index (χ3n) is 5.37. The Labute approximate surface area is 184 Å². The van der Waals surface area contributed by atoms with Crippen LogP contribution in [-0.2, 0) is 20.4 Å². The van der Waals surface area contributed by atoms with E-state index in [9.17, 15) is 14.7 Å². The highest BCUT2D eigenvalue weighted by molar-refractivity contribution is 6.35. The van der Waals surface area contributed by atoms with Gasteiger partial charge in [0.25, 0.3) is 5.91 Å². The molecular formula is C26H31NO4. The Morgan fingerprint density at radius 3 is 2.13 bits per heavy atom. The van der Waals surface area contributed by atoms with Crippen molar-refractivity contribution in [1.82, 2.24) is 0 Å². The molecule has 0 atom stereocenters. The molecule has 2 aromatic carbocycles. The number of esters is 1. The standard InChI is InChI=1S/C26H31NO4/c1-8-31-24(30)16-9-10-21-17(14-16)18(23(29)27-21)11-15-12-19(25(2,3)4)22(28)20(13-15)26(5,6)7/h9-14,28H,8H2,1-7H3,(H,27,29). The monoisotopic (exact) mass is 421 g/mol. The first kappa shape index (κ1) is 22.6. The van der Waals surface area contributed by atoms with Crippen LogP contribution < -0.4 is 5.32 Å². The fraction of sp³-hybridized carbons (Fsp3) is 0.385. The second-order valence-corrected chi connectivity index (χ2v) is 9.96. The van der Waals surface area contributed by atoms with Crippen molar-refractivity contribution in [3.63, 3.8) is 0 Å². The molecular weight excluding hydrogens is 390 g/mol. The second kappa shape index (κ2) is 7.88. The molecule has 0 spiro atoms. The molecule has 0 aromatic heterocycles. The zero-order valence-corrected chi connectivity index (χ0v) is 19.3. The molecule has 0 unspecified atom stereocenters. The number of anilines is 1. The van der Waals surface area contributed by atoms with E-state index in [1.54, 1.807) is 25.1 Å². The van der Waals surface area contributed by atoms with Crippen LogP contribution in [0.5, 0.6) is 5.75 Å². The Bertz CT molecular complexity index is 1050. The predicted molar refractivity (Wildman–Crippen MR) is 124 cm³/mol. The number of amides is 1. The van der Waals surface area contributed by atoms with Gasteiger partial charge in [-0.1, -0.05) is 41.5 Å². The number of benzene rings is 2. The maximum absolute atomic E-state index is 12.7. The number of nitrogens with one attached hydrogen (secondary N) is 1. The van der Waals surface area contributed by atoms with Crippen LogP contribution in [0.15, 0.2) is 30.3 Å². The van der Waals surface area contributed by atoms with E-state index < -0.39 is 5.97 Å². The number of hydrogen-bond donors (Lipinski definition) is 2. The van der Waals surface area contributed by atoms with Gasteiger partial charge in [-0.15, -0.1) is 0 Å². The Morgan fingerprint density at radius 2 is 1.61 bits per heavy atom. The Kier molecular flexibility index (Phi) is 5.74. The zero-order valence-electron chi connectivity index (χ0n) is 19.3. The predicted octanol–water partition coefficient (Wildman–Crippen LogP) is 5.66. The fourth-order valence-electron chi connectivity index (χ4n) is 3.72. The molecule has 0 radical (unpaired) electrons. The average molecular weight is 422 g/mol. The number of carbonyl (C=O) groups is 2. The van der Waals surface area contributed by atoms with E-state index in [2.05, 4.69) is 46.9 Å². The summed E-state index contributed by atoms with van der Waals surface area (Å²) >= 11 is 0. The summed E-state index contributed by atoms with van der Waals surface area (Å²) in [5.41, 5.74) is 4.14. The van der Waals surface area contributed by atoms with Crippen molar-refractivity contribution in [3.05, 3.63) is 58.1 Å². The normalized spacial score (nSPS) is 15.1. The topological polar surface area (TPSA) is 75.6 Å². The van der Waals surface area contributed by atoms with Crippen molar-refractivity contribution in [2.24, 2.45) is 0 Å². The molecule has 1 heterocycles. The molecule has 164 valence electrons. The Morgan fingerprint density at radius 1 is 1.03 bits per heavy atom. The smallest absolute Gasteiger partial charge is 0.338 e. The van der Waals surface area contributed by atoms with Crippen LogP contribution >= 0.6 is 0 Å². The van der Waals surface area contributed by atoms with Crippen LogP contribution in [0, 0.1) is 0 Å². The summed E-state index contributed by atoms with van der Waals surface area (Å²) in [5.74, 6) is -0.347. The zero-order chi connectivity index (χ0) is 23.1. The van der Waals surface area contributed by atoms with Gasteiger partial charge in [0.2, 0.25) is 0 Å². The number of ether oxygens (including phenoxy) is 1. The van der Waals surface area contributed by atoms with Crippen molar-refractivity contribution in [3.8, 4) is 5.75 Å². The lowest BCUT2D eigenvalue weighted by molar-refractivity contribution is -0.110. The van der Waals surface area contributed by atoms with E-state index in [4.69, 9.17) is 4.74 Å². The van der Waals surface area contributed by atoms with E-state index in [0.29, 0.717) is 28.1 Å². The van der Waals surface area contributed by atoms with Gasteiger partial charge in [-0.2, -0.15) is 0 Å². The first-order valence-corrected chi connectivity index (χ1v) is 10.6. The van der Waals surface area contributed by atoms with E-state index in [1.165, 1.54) is 0 Å². The summed E-state index contributed by atoms with van der Waals surface area (Å²) in [4.78, 5) is 24.9. The molecule has 0 saturated heterocycles. The first-order chi connectivity index (χ1) is 14.3. The highest BCUT2D eigenvalue weighted by Crippen LogP contribution is 2.41. The first-order valence-electron chi connectivity index (χ1n) is 10.6. The van der Waals surface area contributed by atoms with E-state index in [-0.39, 0.29) is 23.3 Å². The number of carbonyl (C=O) groups excluding carboxylic acids is 2. The number of hydrogen-bond acceptors (Lipinski definition) is 4. The van der Waals surface area contributed by atoms with Crippen LogP contribution in [0.4, 0.5) is 5.69 Å². The molecule has 2 aromatic rings. The Hall–Kier alpha value is -3.08. The van der Waals surface area contributed by atoms with E-state index in [1.807, 2.05) is 18.2 Å². The lowest BCUT2D eigenvalue weighted by Crippen LogP contribution is -2.17. The van der Waals surface area contributed by atoms with Crippen molar-refractivity contribution >= 4 is 29.2 Å². The molecule has 1 aliphatic rings. The SMILES string of the molecule is CCOC(=O)c1ccc2c(c1)C(=Cc1cc(C(C)(C)C)c(O)c(C(C)(C)C)c1)C(=O)N2. The molecule has 1 aliphatic heterocycles. The number of rotatable bonds is 3. The van der Waals surface area contributed by atoms with Gasteiger partial charge in [0.15, 0.2) is 0 Å². The fourth-order valence-corrected chi connectivity index (χ4v) is 3.72. The molecule has 1 amide bonds. The highest BCUT2D eigenvalue weighted by atomic mass is 16.5. The van der Waals surface area contributed by atoms with Crippen LogP contribution in [0.3, 0.4) is 0 Å². The molecule has 0 saturated carbocycles. The molecule has 0 fully saturated rings. The summed E-state index contributed by atoms with van der Waals surface area (Å²) in [5, 5.41) is 13.8. The average Bonchev–Trinajstić information content (AvgIpc) is 2.96. The maximum atomic E-state index is 12.7. The summed E-state index contributed by atoms with van der Waals surface area (Å²) in [6, 6.07) is 8.91. The largest absolute Gasteiger partial charge is 0.507 e. The molecule has 31 heavy (non-hydrogen) atoms. The molecule has 5 heteroatoms. The highest BCUT2D eigenvalue weighted by Gasteiger charge is 2.28. The van der Waals surface area contributed by atoms with Crippen molar-refractivity contribution < 1.29 is 19.4 Å². The van der Waals surface area contributed by atoms with Gasteiger partial charge in [-0.3, -0.25) is 4.79 Å². The summed E-state index contributed by atoms with van der Waals surface area (Å²) < 4.78 is 5.10. The third kappa shape index (κ3) is 4.50. The molecule has 5 nitrogen and oxygen atoms in total. The quantitative estimate of drug-likeness (QED) is 0.495. The van der Waals surface area contributed by atoms with Gasteiger partial charge >= 0.3 is 5.97 Å². The molecule has 3 rings (SSSR count). The number of phenols is 1. The van der Waals surface area contributed by atoms with Crippen LogP contribution in [0.25, 0.3) is 11.6 Å². The molecule has 0 aliphatic carbocycles. The van der Waals surface area contributed by atoms with Gasteiger partial charge in [0.05, 0.1) is 12.2 Å². The van der Waals surface area contributed by atoms with E-state index >= 15 is 0 Å². The van der Waals surface area contributed by atoms with Gasteiger partial charge in [-0.25, -0.2) is 4.79 Å². The van der Waals surface area contributed by atoms with Crippen molar-refractivity contribution in [2.75, 3.05) is 11.9 Å². The molecule has 0 bridgehead atoms. The van der Waals surface area contributed by atoms with Gasteiger partial charge < -0.3 is 15.2 Å². The maximum Gasteiger partial charge on any atom is 0.338 e. The van der Waals surface area contributed by atoms with E-state index in [0.717, 1.165) is 16.7 Å². The summed E-state index contributed by atoms with van der Waals surface area (Å²) in [6.07, 6.45) is 1.82. The molecule has 2 N–H and O–H groups in total. The third-order valence-corrected chi connectivity index (χ3v) is 5.37. The number of aromatic hydroxyl groups is 1. The van der Waals surface area contributed by atoms with Crippen LogP contribution in [0.1, 0.15) is 81.1 Å². The van der Waals surface area contributed by atoms with Gasteiger partial charge in [-0.05, 0) is 59.7 Å². The van der Waals surface area contributed by atoms with Gasteiger partial charge in [0, 0.05) is 28.0 Å². The van der Waals surface area contributed by atoms with Crippen LogP contribution in [0.2, 0.25) is 0 Å². The van der Waals surface area contributed by atoms with Crippen LogP contribution in [-0.4, -0.2) is 23.6 Å². The minimum absolute atomic E-state index is 0.223. The minimum Gasteiger partial charge on any atom is -0.507 e. The summed E-state index contributed by atoms with van der Waals surface area (Å²) in [6.45, 7) is 14.3.